The number of carbonyl (C=O) groups is 1. The molecule has 1 amide bonds. The van der Waals surface area contributed by atoms with Crippen molar-refractivity contribution in [3.8, 4) is 16.5 Å². The zero-order chi connectivity index (χ0) is 17.8. The molecule has 3 aromatic rings. The molecule has 3 rings (SSSR count). The van der Waals surface area contributed by atoms with E-state index in [1.54, 1.807) is 19.1 Å². The molecule has 0 saturated carbocycles. The first-order valence-corrected chi connectivity index (χ1v) is 8.00. The van der Waals surface area contributed by atoms with Crippen LogP contribution in [-0.2, 0) is 0 Å². The van der Waals surface area contributed by atoms with E-state index >= 15 is 0 Å². The molecule has 9 heteroatoms. The lowest BCUT2D eigenvalue weighted by Gasteiger charge is -1.97. The molecule has 0 unspecified atom stereocenters. The summed E-state index contributed by atoms with van der Waals surface area (Å²) in [5.41, 5.74) is 1.72. The maximum atomic E-state index is 13.0. The smallest absolute Gasteiger partial charge is 0.397 e. The van der Waals surface area contributed by atoms with E-state index in [1.165, 1.54) is 36.7 Å². The van der Waals surface area contributed by atoms with Crippen LogP contribution in [0.1, 0.15) is 16.3 Å². The van der Waals surface area contributed by atoms with Gasteiger partial charge in [0.1, 0.15) is 22.3 Å². The van der Waals surface area contributed by atoms with Crippen molar-refractivity contribution >= 4 is 29.6 Å². The predicted octanol–water partition coefficient (Wildman–Crippen LogP) is 3.53. The highest BCUT2D eigenvalue weighted by Crippen LogP contribution is 2.27. The SMILES string of the molecule is CNC(=O)Oc1cnc(/C=C/c2c(-c3ccc(F)cn3)noc2C)s1. The number of hydrogen-bond donors (Lipinski definition) is 1. The van der Waals surface area contributed by atoms with Gasteiger partial charge in [-0.2, -0.15) is 0 Å². The average Bonchev–Trinajstić information content (AvgIpc) is 3.20. The molecule has 0 aliphatic rings. The molecule has 0 aliphatic carbocycles. The molecular weight excluding hydrogens is 347 g/mol. The van der Waals surface area contributed by atoms with Crippen molar-refractivity contribution in [1.29, 1.82) is 0 Å². The number of hydrogen-bond acceptors (Lipinski definition) is 7. The second-order valence-corrected chi connectivity index (χ2v) is 5.88. The largest absolute Gasteiger partial charge is 0.413 e. The average molecular weight is 360 g/mol. The zero-order valence-electron chi connectivity index (χ0n) is 13.3. The molecule has 0 aliphatic heterocycles. The quantitative estimate of drug-likeness (QED) is 0.765. The Morgan fingerprint density at radius 1 is 1.32 bits per heavy atom. The lowest BCUT2D eigenvalue weighted by atomic mass is 10.1. The minimum Gasteiger partial charge on any atom is -0.397 e. The van der Waals surface area contributed by atoms with Crippen LogP contribution in [0.25, 0.3) is 23.5 Å². The molecule has 3 aromatic heterocycles. The summed E-state index contributed by atoms with van der Waals surface area (Å²) in [6.45, 7) is 1.77. The number of thiazole rings is 1. The van der Waals surface area contributed by atoms with Crippen LogP contribution in [0.15, 0.2) is 29.0 Å². The van der Waals surface area contributed by atoms with Gasteiger partial charge in [-0.15, -0.1) is 0 Å². The molecular formula is C16H13FN4O3S. The minimum atomic E-state index is -0.557. The van der Waals surface area contributed by atoms with Gasteiger partial charge in [0.2, 0.25) is 5.06 Å². The summed E-state index contributed by atoms with van der Waals surface area (Å²) < 4.78 is 23.2. The van der Waals surface area contributed by atoms with Gasteiger partial charge in [0.05, 0.1) is 18.1 Å². The Hall–Kier alpha value is -3.07. The fourth-order valence-electron chi connectivity index (χ4n) is 1.97. The summed E-state index contributed by atoms with van der Waals surface area (Å²) >= 11 is 1.21. The van der Waals surface area contributed by atoms with Crippen LogP contribution in [0.4, 0.5) is 9.18 Å². The number of amides is 1. The maximum absolute atomic E-state index is 13.0. The Bertz CT molecular complexity index is 918. The molecule has 0 atom stereocenters. The first kappa shape index (κ1) is 16.8. The van der Waals surface area contributed by atoms with Gasteiger partial charge >= 0.3 is 6.09 Å². The molecule has 0 radical (unpaired) electrons. The Labute approximate surface area is 146 Å². The number of aromatic nitrogens is 3. The monoisotopic (exact) mass is 360 g/mol. The summed E-state index contributed by atoms with van der Waals surface area (Å²) in [5.74, 6) is 0.170. The van der Waals surface area contributed by atoms with E-state index in [2.05, 4.69) is 20.4 Å². The van der Waals surface area contributed by atoms with Crippen molar-refractivity contribution in [2.24, 2.45) is 0 Å². The van der Waals surface area contributed by atoms with Crippen LogP contribution < -0.4 is 10.1 Å². The fourth-order valence-corrected chi connectivity index (χ4v) is 2.64. The molecule has 128 valence electrons. The summed E-state index contributed by atoms with van der Waals surface area (Å²) in [6, 6.07) is 2.84. The molecule has 1 N–H and O–H groups in total. The summed E-state index contributed by atoms with van der Waals surface area (Å²) in [5, 5.41) is 7.35. The van der Waals surface area contributed by atoms with E-state index < -0.39 is 11.9 Å². The number of pyridine rings is 1. The number of nitrogens with one attached hydrogen (secondary N) is 1. The molecule has 0 saturated heterocycles. The number of rotatable bonds is 4. The Balaban J connectivity index is 1.83. The third-order valence-electron chi connectivity index (χ3n) is 3.17. The van der Waals surface area contributed by atoms with Gasteiger partial charge in [-0.1, -0.05) is 16.5 Å². The third-order valence-corrected chi connectivity index (χ3v) is 4.01. The van der Waals surface area contributed by atoms with Crippen LogP contribution in [0, 0.1) is 12.7 Å². The van der Waals surface area contributed by atoms with Crippen molar-refractivity contribution < 1.29 is 18.4 Å². The molecule has 3 heterocycles. The Morgan fingerprint density at radius 3 is 2.88 bits per heavy atom. The fraction of sp³-hybridized carbons (Fsp3) is 0.125. The first-order valence-electron chi connectivity index (χ1n) is 7.18. The zero-order valence-corrected chi connectivity index (χ0v) is 14.1. The van der Waals surface area contributed by atoms with Gasteiger partial charge in [-0.3, -0.25) is 4.98 Å². The lowest BCUT2D eigenvalue weighted by Crippen LogP contribution is -2.21. The number of halogens is 1. The normalized spacial score (nSPS) is 11.0. The predicted molar refractivity (Wildman–Crippen MR) is 90.6 cm³/mol. The lowest BCUT2D eigenvalue weighted by molar-refractivity contribution is 0.204. The van der Waals surface area contributed by atoms with Gasteiger partial charge in [-0.25, -0.2) is 14.2 Å². The molecule has 25 heavy (non-hydrogen) atoms. The molecule has 0 bridgehead atoms. The van der Waals surface area contributed by atoms with E-state index in [-0.39, 0.29) is 0 Å². The Morgan fingerprint density at radius 2 is 2.16 bits per heavy atom. The third kappa shape index (κ3) is 3.89. The minimum absolute atomic E-state index is 0.376. The van der Waals surface area contributed by atoms with E-state index in [9.17, 15) is 9.18 Å². The highest BCUT2D eigenvalue weighted by molar-refractivity contribution is 7.14. The van der Waals surface area contributed by atoms with E-state index in [0.29, 0.717) is 32.8 Å². The van der Waals surface area contributed by atoms with Crippen molar-refractivity contribution in [3.05, 3.63) is 46.7 Å². The number of nitrogens with zero attached hydrogens (tertiary/aromatic N) is 3. The van der Waals surface area contributed by atoms with E-state index in [4.69, 9.17) is 9.26 Å². The second kappa shape index (κ2) is 7.22. The van der Waals surface area contributed by atoms with Crippen LogP contribution >= 0.6 is 11.3 Å². The van der Waals surface area contributed by atoms with Gasteiger partial charge < -0.3 is 14.6 Å². The highest BCUT2D eigenvalue weighted by Gasteiger charge is 2.14. The summed E-state index contributed by atoms with van der Waals surface area (Å²) in [7, 11) is 1.48. The topological polar surface area (TPSA) is 90.1 Å². The number of aryl methyl sites for hydroxylation is 1. The van der Waals surface area contributed by atoms with Crippen molar-refractivity contribution in [1.82, 2.24) is 20.4 Å². The standard InChI is InChI=1S/C16H13FN4O3S/c1-9-11(15(21-24-9)12-5-3-10(17)7-19-12)4-6-13-20-8-14(25-13)23-16(22)18-2/h3-8H,1-2H3,(H,18,22)/b6-4+. The maximum Gasteiger partial charge on any atom is 0.413 e. The van der Waals surface area contributed by atoms with Crippen molar-refractivity contribution in [3.63, 3.8) is 0 Å². The highest BCUT2D eigenvalue weighted by atomic mass is 32.1. The Kier molecular flexibility index (Phi) is 4.85. The van der Waals surface area contributed by atoms with Crippen LogP contribution in [0.5, 0.6) is 5.06 Å². The van der Waals surface area contributed by atoms with Gasteiger partial charge in [-0.05, 0) is 31.2 Å². The molecule has 0 spiro atoms. The van der Waals surface area contributed by atoms with Gasteiger partial charge in [0.25, 0.3) is 0 Å². The molecule has 0 aromatic carbocycles. The molecule has 0 fully saturated rings. The summed E-state index contributed by atoms with van der Waals surface area (Å²) in [4.78, 5) is 19.4. The first-order chi connectivity index (χ1) is 12.1. The second-order valence-electron chi connectivity index (χ2n) is 4.85. The van der Waals surface area contributed by atoms with E-state index in [1.807, 2.05) is 0 Å². The number of ether oxygens (including phenoxy) is 1. The van der Waals surface area contributed by atoms with Crippen molar-refractivity contribution in [2.45, 2.75) is 6.92 Å². The van der Waals surface area contributed by atoms with E-state index in [0.717, 1.165) is 6.20 Å². The summed E-state index contributed by atoms with van der Waals surface area (Å²) in [6.07, 6.45) is 5.54. The molecule has 7 nitrogen and oxygen atoms in total. The van der Waals surface area contributed by atoms with Gasteiger partial charge in [0, 0.05) is 12.6 Å². The van der Waals surface area contributed by atoms with Crippen molar-refractivity contribution in [2.75, 3.05) is 7.05 Å². The van der Waals surface area contributed by atoms with Crippen LogP contribution in [0.2, 0.25) is 0 Å². The van der Waals surface area contributed by atoms with Crippen LogP contribution in [-0.4, -0.2) is 28.3 Å². The van der Waals surface area contributed by atoms with Crippen LogP contribution in [0.3, 0.4) is 0 Å². The van der Waals surface area contributed by atoms with Gasteiger partial charge in [0.15, 0.2) is 0 Å². The number of carbonyl (C=O) groups excluding carboxylic acids is 1.